The molecule has 4 heteroatoms. The van der Waals surface area contributed by atoms with Crippen molar-refractivity contribution in [2.75, 3.05) is 17.2 Å². The molecule has 2 rings (SSSR count). The van der Waals surface area contributed by atoms with Crippen LogP contribution in [0.1, 0.15) is 23.0 Å². The van der Waals surface area contributed by atoms with Crippen molar-refractivity contribution in [3.05, 3.63) is 53.9 Å². The van der Waals surface area contributed by atoms with E-state index in [0.29, 0.717) is 5.69 Å². The van der Waals surface area contributed by atoms with Gasteiger partial charge in [-0.3, -0.25) is 9.78 Å². The van der Waals surface area contributed by atoms with Crippen LogP contribution >= 0.6 is 0 Å². The number of carbonyl (C=O) groups is 1. The molecule has 1 aromatic heterocycles. The largest absolute Gasteiger partial charge is 0.385 e. The summed E-state index contributed by atoms with van der Waals surface area (Å²) in [5, 5.41) is 5.98. The normalized spacial score (nSPS) is 10.0. The lowest BCUT2D eigenvalue weighted by atomic mass is 10.2. The molecular weight excluding hydrogens is 238 g/mol. The number of aromatic nitrogens is 1. The van der Waals surface area contributed by atoms with Gasteiger partial charge < -0.3 is 10.6 Å². The zero-order valence-electron chi connectivity index (χ0n) is 11.1. The molecule has 0 bridgehead atoms. The Morgan fingerprint density at radius 1 is 1.16 bits per heavy atom. The molecule has 2 aromatic rings. The van der Waals surface area contributed by atoms with Gasteiger partial charge in [-0.2, -0.15) is 0 Å². The van der Waals surface area contributed by atoms with Crippen LogP contribution in [0.3, 0.4) is 0 Å². The number of nitrogens with one attached hydrogen (secondary N) is 2. The summed E-state index contributed by atoms with van der Waals surface area (Å²) in [7, 11) is 0. The molecule has 0 radical (unpaired) electrons. The van der Waals surface area contributed by atoms with Crippen molar-refractivity contribution in [1.29, 1.82) is 0 Å². The van der Waals surface area contributed by atoms with Gasteiger partial charge in [-0.1, -0.05) is 17.7 Å². The lowest BCUT2D eigenvalue weighted by molar-refractivity contribution is 0.102. The molecular formula is C15H17N3O. The summed E-state index contributed by atoms with van der Waals surface area (Å²) in [5.41, 5.74) is 3.22. The number of pyridine rings is 1. The molecule has 19 heavy (non-hydrogen) atoms. The van der Waals surface area contributed by atoms with E-state index < -0.39 is 0 Å². The van der Waals surface area contributed by atoms with Crippen molar-refractivity contribution >= 4 is 17.3 Å². The number of benzene rings is 1. The second-order valence-electron chi connectivity index (χ2n) is 4.28. The standard InChI is InChI=1S/C15H17N3O/c1-3-16-13-8-9-17-14(10-13)15(19)18-12-6-4-11(2)5-7-12/h4-10H,3H2,1-2H3,(H,16,17)(H,18,19). The van der Waals surface area contributed by atoms with Crippen LogP contribution in [0.25, 0.3) is 0 Å². The van der Waals surface area contributed by atoms with Crippen molar-refractivity contribution < 1.29 is 4.79 Å². The number of nitrogens with zero attached hydrogens (tertiary/aromatic N) is 1. The molecule has 0 saturated heterocycles. The first-order valence-electron chi connectivity index (χ1n) is 6.27. The smallest absolute Gasteiger partial charge is 0.274 e. The van der Waals surface area contributed by atoms with E-state index in [1.54, 1.807) is 12.3 Å². The maximum atomic E-state index is 12.1. The van der Waals surface area contributed by atoms with Gasteiger partial charge in [-0.05, 0) is 38.1 Å². The average Bonchev–Trinajstić information content (AvgIpc) is 2.42. The van der Waals surface area contributed by atoms with Gasteiger partial charge in [-0.15, -0.1) is 0 Å². The number of amides is 1. The van der Waals surface area contributed by atoms with E-state index in [-0.39, 0.29) is 5.91 Å². The van der Waals surface area contributed by atoms with Gasteiger partial charge in [0.15, 0.2) is 0 Å². The van der Waals surface area contributed by atoms with Gasteiger partial charge >= 0.3 is 0 Å². The summed E-state index contributed by atoms with van der Waals surface area (Å²) in [6.07, 6.45) is 1.63. The Labute approximate surface area is 112 Å². The topological polar surface area (TPSA) is 54.0 Å². The molecule has 0 atom stereocenters. The van der Waals surface area contributed by atoms with Gasteiger partial charge in [-0.25, -0.2) is 0 Å². The lowest BCUT2D eigenvalue weighted by Gasteiger charge is -2.07. The third kappa shape index (κ3) is 3.55. The number of hydrogen-bond donors (Lipinski definition) is 2. The van der Waals surface area contributed by atoms with Crippen LogP contribution in [0.2, 0.25) is 0 Å². The molecule has 0 aliphatic heterocycles. The monoisotopic (exact) mass is 255 g/mol. The quantitative estimate of drug-likeness (QED) is 0.882. The minimum absolute atomic E-state index is 0.205. The van der Waals surface area contributed by atoms with Crippen molar-refractivity contribution in [2.24, 2.45) is 0 Å². The van der Waals surface area contributed by atoms with Crippen LogP contribution in [-0.2, 0) is 0 Å². The Hall–Kier alpha value is -2.36. The summed E-state index contributed by atoms with van der Waals surface area (Å²) in [6.45, 7) is 4.82. The molecule has 98 valence electrons. The Balaban J connectivity index is 2.11. The van der Waals surface area contributed by atoms with Crippen LogP contribution in [0.15, 0.2) is 42.6 Å². The number of hydrogen-bond acceptors (Lipinski definition) is 3. The summed E-state index contributed by atoms with van der Waals surface area (Å²) >= 11 is 0. The highest BCUT2D eigenvalue weighted by Crippen LogP contribution is 2.12. The Bertz CT molecular complexity index is 564. The minimum Gasteiger partial charge on any atom is -0.385 e. The Kier molecular flexibility index (Phi) is 4.13. The Morgan fingerprint density at radius 2 is 1.89 bits per heavy atom. The first-order valence-corrected chi connectivity index (χ1v) is 6.27. The van der Waals surface area contributed by atoms with E-state index in [0.717, 1.165) is 23.5 Å². The van der Waals surface area contributed by atoms with E-state index in [2.05, 4.69) is 15.6 Å². The Morgan fingerprint density at radius 3 is 2.58 bits per heavy atom. The third-order valence-electron chi connectivity index (χ3n) is 2.68. The van der Waals surface area contributed by atoms with E-state index in [9.17, 15) is 4.79 Å². The van der Waals surface area contributed by atoms with Crippen molar-refractivity contribution in [3.8, 4) is 0 Å². The summed E-state index contributed by atoms with van der Waals surface area (Å²) in [5.74, 6) is -0.205. The van der Waals surface area contributed by atoms with Crippen molar-refractivity contribution in [3.63, 3.8) is 0 Å². The second kappa shape index (κ2) is 6.00. The van der Waals surface area contributed by atoms with Crippen LogP contribution < -0.4 is 10.6 Å². The highest BCUT2D eigenvalue weighted by molar-refractivity contribution is 6.03. The van der Waals surface area contributed by atoms with Gasteiger partial charge in [0.05, 0.1) is 0 Å². The predicted octanol–water partition coefficient (Wildman–Crippen LogP) is 3.07. The molecule has 0 unspecified atom stereocenters. The van der Waals surface area contributed by atoms with E-state index in [1.165, 1.54) is 0 Å². The van der Waals surface area contributed by atoms with Gasteiger partial charge in [0.1, 0.15) is 5.69 Å². The molecule has 0 aliphatic carbocycles. The number of aryl methyl sites for hydroxylation is 1. The maximum Gasteiger partial charge on any atom is 0.274 e. The van der Waals surface area contributed by atoms with Gasteiger partial charge in [0.25, 0.3) is 5.91 Å². The second-order valence-corrected chi connectivity index (χ2v) is 4.28. The molecule has 0 fully saturated rings. The summed E-state index contributed by atoms with van der Waals surface area (Å²) in [6, 6.07) is 11.2. The van der Waals surface area contributed by atoms with Gasteiger partial charge in [0, 0.05) is 24.1 Å². The highest BCUT2D eigenvalue weighted by atomic mass is 16.1. The number of carbonyl (C=O) groups excluding carboxylic acids is 1. The van der Waals surface area contributed by atoms with Crippen molar-refractivity contribution in [2.45, 2.75) is 13.8 Å². The maximum absolute atomic E-state index is 12.1. The van der Waals surface area contributed by atoms with E-state index >= 15 is 0 Å². The van der Waals surface area contributed by atoms with Crippen molar-refractivity contribution in [1.82, 2.24) is 4.98 Å². The molecule has 0 aliphatic rings. The molecule has 0 spiro atoms. The summed E-state index contributed by atoms with van der Waals surface area (Å²) < 4.78 is 0. The molecule has 0 saturated carbocycles. The average molecular weight is 255 g/mol. The zero-order chi connectivity index (χ0) is 13.7. The molecule has 1 amide bonds. The SMILES string of the molecule is CCNc1ccnc(C(=O)Nc2ccc(C)cc2)c1. The van der Waals surface area contributed by atoms with Crippen LogP contribution in [0.5, 0.6) is 0 Å². The highest BCUT2D eigenvalue weighted by Gasteiger charge is 2.08. The minimum atomic E-state index is -0.205. The summed E-state index contributed by atoms with van der Waals surface area (Å²) in [4.78, 5) is 16.1. The fraction of sp³-hybridized carbons (Fsp3) is 0.200. The first-order chi connectivity index (χ1) is 9.19. The lowest BCUT2D eigenvalue weighted by Crippen LogP contribution is -2.14. The zero-order valence-corrected chi connectivity index (χ0v) is 11.1. The van der Waals surface area contributed by atoms with Gasteiger partial charge in [0.2, 0.25) is 0 Å². The number of anilines is 2. The van der Waals surface area contributed by atoms with Crippen LogP contribution in [0, 0.1) is 6.92 Å². The molecule has 1 heterocycles. The van der Waals surface area contributed by atoms with Crippen LogP contribution in [-0.4, -0.2) is 17.4 Å². The predicted molar refractivity (Wildman–Crippen MR) is 77.5 cm³/mol. The van der Waals surface area contributed by atoms with Crippen LogP contribution in [0.4, 0.5) is 11.4 Å². The molecule has 2 N–H and O–H groups in total. The fourth-order valence-corrected chi connectivity index (χ4v) is 1.70. The molecule has 1 aromatic carbocycles. The van der Waals surface area contributed by atoms with E-state index in [1.807, 2.05) is 44.2 Å². The third-order valence-corrected chi connectivity index (χ3v) is 2.68. The number of rotatable bonds is 4. The fourth-order valence-electron chi connectivity index (χ4n) is 1.70. The van der Waals surface area contributed by atoms with E-state index in [4.69, 9.17) is 0 Å². The first kappa shape index (κ1) is 13.1. The molecule has 4 nitrogen and oxygen atoms in total.